The second kappa shape index (κ2) is 4.07. The summed E-state index contributed by atoms with van der Waals surface area (Å²) in [6.45, 7) is 3.07. The lowest BCUT2D eigenvalue weighted by Crippen LogP contribution is -2.40. The highest BCUT2D eigenvalue weighted by Crippen LogP contribution is 2.31. The van der Waals surface area contributed by atoms with Crippen LogP contribution in [0.1, 0.15) is 25.0 Å². The molecule has 2 atom stereocenters. The molecule has 2 unspecified atom stereocenters. The van der Waals surface area contributed by atoms with Crippen LogP contribution in [0.2, 0.25) is 0 Å². The summed E-state index contributed by atoms with van der Waals surface area (Å²) in [4.78, 5) is 0. The van der Waals surface area contributed by atoms with Gasteiger partial charge in [-0.3, -0.25) is 0 Å². The Labute approximate surface area is 91.9 Å². The SMILES string of the molecule is CC(N)C(C)(O)c1ccc(C(F)(F)F)cc1. The lowest BCUT2D eigenvalue weighted by atomic mass is 9.89. The summed E-state index contributed by atoms with van der Waals surface area (Å²) >= 11 is 0. The van der Waals surface area contributed by atoms with Gasteiger partial charge < -0.3 is 10.8 Å². The molecule has 0 heterocycles. The van der Waals surface area contributed by atoms with E-state index in [0.29, 0.717) is 5.56 Å². The molecule has 0 aliphatic rings. The van der Waals surface area contributed by atoms with Gasteiger partial charge >= 0.3 is 6.18 Å². The quantitative estimate of drug-likeness (QED) is 0.823. The molecule has 1 rings (SSSR count). The number of hydrogen-bond acceptors (Lipinski definition) is 2. The van der Waals surface area contributed by atoms with Crippen molar-refractivity contribution in [2.75, 3.05) is 0 Å². The Morgan fingerprint density at radius 2 is 1.50 bits per heavy atom. The Kier molecular flexibility index (Phi) is 3.30. The van der Waals surface area contributed by atoms with Crippen molar-refractivity contribution >= 4 is 0 Å². The number of benzene rings is 1. The Morgan fingerprint density at radius 3 is 1.81 bits per heavy atom. The highest BCUT2D eigenvalue weighted by atomic mass is 19.4. The third-order valence-electron chi connectivity index (χ3n) is 2.68. The van der Waals surface area contributed by atoms with E-state index in [1.165, 1.54) is 19.1 Å². The van der Waals surface area contributed by atoms with Gasteiger partial charge in [0.25, 0.3) is 0 Å². The fourth-order valence-electron chi connectivity index (χ4n) is 1.26. The van der Waals surface area contributed by atoms with Gasteiger partial charge in [0.05, 0.1) is 5.56 Å². The summed E-state index contributed by atoms with van der Waals surface area (Å²) in [5.41, 5.74) is 3.86. The molecule has 5 heteroatoms. The number of hydrogen-bond donors (Lipinski definition) is 2. The van der Waals surface area contributed by atoms with Gasteiger partial charge in [0.1, 0.15) is 5.60 Å². The first-order valence-corrected chi connectivity index (χ1v) is 4.81. The van der Waals surface area contributed by atoms with Crippen LogP contribution < -0.4 is 5.73 Å². The van der Waals surface area contributed by atoms with Gasteiger partial charge in [-0.05, 0) is 31.5 Å². The van der Waals surface area contributed by atoms with E-state index in [1.807, 2.05) is 0 Å². The number of alkyl halides is 3. The van der Waals surface area contributed by atoms with Crippen LogP contribution in [0.5, 0.6) is 0 Å². The standard InChI is InChI=1S/C11H14F3NO/c1-7(15)10(2,16)8-3-5-9(6-4-8)11(12,13)14/h3-7,16H,15H2,1-2H3. The molecular weight excluding hydrogens is 219 g/mol. The number of nitrogens with two attached hydrogens (primary N) is 1. The number of halogens is 3. The van der Waals surface area contributed by atoms with Crippen LogP contribution in [-0.4, -0.2) is 11.1 Å². The lowest BCUT2D eigenvalue weighted by molar-refractivity contribution is -0.137. The first-order valence-electron chi connectivity index (χ1n) is 4.81. The molecule has 0 amide bonds. The van der Waals surface area contributed by atoms with E-state index < -0.39 is 23.4 Å². The predicted molar refractivity (Wildman–Crippen MR) is 54.7 cm³/mol. The molecule has 0 fully saturated rings. The molecule has 0 saturated heterocycles. The highest BCUT2D eigenvalue weighted by molar-refractivity contribution is 5.29. The molecule has 0 spiro atoms. The van der Waals surface area contributed by atoms with E-state index in [0.717, 1.165) is 12.1 Å². The van der Waals surface area contributed by atoms with E-state index in [-0.39, 0.29) is 0 Å². The molecule has 0 aliphatic carbocycles. The van der Waals surface area contributed by atoms with Gasteiger partial charge in [0.2, 0.25) is 0 Å². The van der Waals surface area contributed by atoms with Gasteiger partial charge in [-0.25, -0.2) is 0 Å². The van der Waals surface area contributed by atoms with Crippen molar-refractivity contribution in [3.05, 3.63) is 35.4 Å². The van der Waals surface area contributed by atoms with Gasteiger partial charge in [-0.1, -0.05) is 12.1 Å². The van der Waals surface area contributed by atoms with Crippen molar-refractivity contribution < 1.29 is 18.3 Å². The minimum atomic E-state index is -4.36. The minimum absolute atomic E-state index is 0.371. The van der Waals surface area contributed by atoms with Crippen molar-refractivity contribution in [1.29, 1.82) is 0 Å². The Bertz CT molecular complexity index is 354. The minimum Gasteiger partial charge on any atom is -0.384 e. The fraction of sp³-hybridized carbons (Fsp3) is 0.455. The predicted octanol–water partition coefficient (Wildman–Crippen LogP) is 2.26. The molecule has 0 aliphatic heterocycles. The number of rotatable bonds is 2. The normalized spacial score (nSPS) is 17.9. The van der Waals surface area contributed by atoms with Crippen LogP contribution in [0.3, 0.4) is 0 Å². The maximum absolute atomic E-state index is 12.3. The van der Waals surface area contributed by atoms with Gasteiger partial charge in [0, 0.05) is 6.04 Å². The summed E-state index contributed by atoms with van der Waals surface area (Å²) in [5, 5.41) is 9.95. The molecule has 1 aromatic carbocycles. The highest BCUT2D eigenvalue weighted by Gasteiger charge is 2.32. The summed E-state index contributed by atoms with van der Waals surface area (Å²) in [6, 6.07) is 3.79. The largest absolute Gasteiger partial charge is 0.416 e. The van der Waals surface area contributed by atoms with Gasteiger partial charge in [-0.2, -0.15) is 13.2 Å². The fourth-order valence-corrected chi connectivity index (χ4v) is 1.26. The maximum atomic E-state index is 12.3. The molecule has 0 bridgehead atoms. The van der Waals surface area contributed by atoms with E-state index in [2.05, 4.69) is 0 Å². The van der Waals surface area contributed by atoms with Crippen LogP contribution in [0.15, 0.2) is 24.3 Å². The molecule has 0 aromatic heterocycles. The van der Waals surface area contributed by atoms with Crippen molar-refractivity contribution in [1.82, 2.24) is 0 Å². The zero-order chi connectivity index (χ0) is 12.6. The van der Waals surface area contributed by atoms with Crippen LogP contribution in [-0.2, 0) is 11.8 Å². The molecule has 90 valence electrons. The topological polar surface area (TPSA) is 46.2 Å². The van der Waals surface area contributed by atoms with Gasteiger partial charge in [0.15, 0.2) is 0 Å². The maximum Gasteiger partial charge on any atom is 0.416 e. The van der Waals surface area contributed by atoms with Gasteiger partial charge in [-0.15, -0.1) is 0 Å². The molecule has 0 radical (unpaired) electrons. The summed E-state index contributed by atoms with van der Waals surface area (Å²) in [7, 11) is 0. The van der Waals surface area contributed by atoms with Crippen molar-refractivity contribution in [3.8, 4) is 0 Å². The van der Waals surface area contributed by atoms with E-state index in [9.17, 15) is 18.3 Å². The van der Waals surface area contributed by atoms with Crippen molar-refractivity contribution in [2.24, 2.45) is 5.73 Å². The van der Waals surface area contributed by atoms with E-state index >= 15 is 0 Å². The third-order valence-corrected chi connectivity index (χ3v) is 2.68. The first-order chi connectivity index (χ1) is 7.15. The van der Waals surface area contributed by atoms with Crippen LogP contribution >= 0.6 is 0 Å². The second-order valence-electron chi connectivity index (χ2n) is 4.01. The molecule has 3 N–H and O–H groups in total. The van der Waals surface area contributed by atoms with E-state index in [4.69, 9.17) is 5.73 Å². The molecule has 16 heavy (non-hydrogen) atoms. The lowest BCUT2D eigenvalue weighted by Gasteiger charge is -2.28. The first kappa shape index (κ1) is 13.0. The third kappa shape index (κ3) is 2.54. The molecular formula is C11H14F3NO. The van der Waals surface area contributed by atoms with Crippen LogP contribution in [0.25, 0.3) is 0 Å². The monoisotopic (exact) mass is 233 g/mol. The summed E-state index contributed by atoms with van der Waals surface area (Å²) in [5.74, 6) is 0. The summed E-state index contributed by atoms with van der Waals surface area (Å²) < 4.78 is 36.9. The smallest absolute Gasteiger partial charge is 0.384 e. The Balaban J connectivity index is 3.05. The summed E-state index contributed by atoms with van der Waals surface area (Å²) in [6.07, 6.45) is -4.36. The average molecular weight is 233 g/mol. The van der Waals surface area contributed by atoms with Crippen molar-refractivity contribution in [2.45, 2.75) is 31.7 Å². The average Bonchev–Trinajstić information content (AvgIpc) is 2.16. The van der Waals surface area contributed by atoms with Crippen molar-refractivity contribution in [3.63, 3.8) is 0 Å². The number of aliphatic hydroxyl groups is 1. The Morgan fingerprint density at radius 1 is 1.12 bits per heavy atom. The Hall–Kier alpha value is -1.07. The molecule has 2 nitrogen and oxygen atoms in total. The molecule has 0 saturated carbocycles. The zero-order valence-electron chi connectivity index (χ0n) is 9.05. The second-order valence-corrected chi connectivity index (χ2v) is 4.01. The molecule has 1 aromatic rings. The van der Waals surface area contributed by atoms with E-state index in [1.54, 1.807) is 6.92 Å². The van der Waals surface area contributed by atoms with Crippen LogP contribution in [0.4, 0.5) is 13.2 Å². The zero-order valence-corrected chi connectivity index (χ0v) is 9.05. The van der Waals surface area contributed by atoms with Crippen LogP contribution in [0, 0.1) is 0 Å².